The van der Waals surface area contributed by atoms with Crippen molar-refractivity contribution in [3.8, 4) is 11.5 Å². The van der Waals surface area contributed by atoms with Crippen LogP contribution in [0.15, 0.2) is 53.8 Å². The van der Waals surface area contributed by atoms with Crippen molar-refractivity contribution >= 4 is 17.8 Å². The number of amides is 1. The number of nitrogens with one attached hydrogen (secondary N) is 2. The Morgan fingerprint density at radius 1 is 1.30 bits per heavy atom. The van der Waals surface area contributed by atoms with E-state index < -0.39 is 10.8 Å². The highest BCUT2D eigenvalue weighted by molar-refractivity contribution is 5.93. The van der Waals surface area contributed by atoms with E-state index in [9.17, 15) is 14.9 Å². The number of aryl methyl sites for hydroxylation is 1. The quantitative estimate of drug-likeness (QED) is 0.334. The maximum absolute atomic E-state index is 11.8. The summed E-state index contributed by atoms with van der Waals surface area (Å²) in [5.41, 5.74) is 4.72. The molecule has 10 nitrogen and oxygen atoms in total. The van der Waals surface area contributed by atoms with Crippen LogP contribution in [0.25, 0.3) is 0 Å². The molecule has 0 saturated carbocycles. The van der Waals surface area contributed by atoms with Gasteiger partial charge in [0.15, 0.2) is 0 Å². The molecule has 0 aliphatic carbocycles. The van der Waals surface area contributed by atoms with E-state index in [2.05, 4.69) is 20.7 Å². The number of carbonyl (C=O) groups is 1. The first-order valence-corrected chi connectivity index (χ1v) is 8.85. The summed E-state index contributed by atoms with van der Waals surface area (Å²) in [6.45, 7) is 1.84. The highest BCUT2D eigenvalue weighted by Gasteiger charge is 2.12. The van der Waals surface area contributed by atoms with Gasteiger partial charge in [-0.3, -0.25) is 20.0 Å². The smallest absolute Gasteiger partial charge is 0.289 e. The summed E-state index contributed by atoms with van der Waals surface area (Å²) < 4.78 is 11.1. The van der Waals surface area contributed by atoms with Gasteiger partial charge in [0.1, 0.15) is 23.8 Å². The van der Waals surface area contributed by atoms with E-state index in [1.165, 1.54) is 24.5 Å². The Hall–Kier alpha value is -4.21. The summed E-state index contributed by atoms with van der Waals surface area (Å²) in [6.07, 6.45) is 2.97. The third-order valence-corrected chi connectivity index (χ3v) is 4.19. The number of aromatic nitrogens is 2. The van der Waals surface area contributed by atoms with Crippen molar-refractivity contribution in [2.45, 2.75) is 13.5 Å². The highest BCUT2D eigenvalue weighted by atomic mass is 16.6. The molecule has 1 amide bonds. The van der Waals surface area contributed by atoms with Crippen LogP contribution in [0, 0.1) is 17.0 Å². The number of methoxy groups -OCH3 is 1. The molecule has 1 aromatic heterocycles. The van der Waals surface area contributed by atoms with Gasteiger partial charge in [0.2, 0.25) is 0 Å². The molecule has 2 aromatic carbocycles. The number of ether oxygens (including phenoxy) is 2. The van der Waals surface area contributed by atoms with Crippen LogP contribution in [0.2, 0.25) is 0 Å². The second-order valence-electron chi connectivity index (χ2n) is 6.23. The van der Waals surface area contributed by atoms with Crippen LogP contribution >= 0.6 is 0 Å². The van der Waals surface area contributed by atoms with Gasteiger partial charge in [0, 0.05) is 23.4 Å². The first-order chi connectivity index (χ1) is 14.5. The average molecular weight is 409 g/mol. The van der Waals surface area contributed by atoms with Gasteiger partial charge >= 0.3 is 0 Å². The molecular weight excluding hydrogens is 390 g/mol. The van der Waals surface area contributed by atoms with Crippen molar-refractivity contribution in [3.05, 3.63) is 81.2 Å². The lowest BCUT2D eigenvalue weighted by molar-refractivity contribution is -0.385. The molecule has 0 radical (unpaired) electrons. The molecule has 3 aromatic rings. The maximum Gasteiger partial charge on any atom is 0.289 e. The second-order valence-corrected chi connectivity index (χ2v) is 6.23. The van der Waals surface area contributed by atoms with Crippen molar-refractivity contribution < 1.29 is 19.2 Å². The SMILES string of the molecule is COc1ccc(C=NNC(=O)c2ccn[nH]2)cc1COc1ccc([N+](=O)[O-])c(C)c1. The molecule has 30 heavy (non-hydrogen) atoms. The van der Waals surface area contributed by atoms with Crippen molar-refractivity contribution in [2.24, 2.45) is 5.10 Å². The molecule has 3 rings (SSSR count). The molecule has 10 heteroatoms. The summed E-state index contributed by atoms with van der Waals surface area (Å²) in [5.74, 6) is 0.715. The van der Waals surface area contributed by atoms with Crippen LogP contribution in [-0.2, 0) is 6.61 Å². The topological polar surface area (TPSA) is 132 Å². The van der Waals surface area contributed by atoms with E-state index in [-0.39, 0.29) is 12.3 Å². The molecule has 0 unspecified atom stereocenters. The van der Waals surface area contributed by atoms with Crippen LogP contribution in [-0.4, -0.2) is 34.4 Å². The number of aromatic amines is 1. The molecular formula is C20H19N5O5. The minimum Gasteiger partial charge on any atom is -0.496 e. The number of nitro groups is 1. The normalized spacial score (nSPS) is 10.7. The van der Waals surface area contributed by atoms with Crippen molar-refractivity contribution in [3.63, 3.8) is 0 Å². The van der Waals surface area contributed by atoms with Crippen molar-refractivity contribution in [1.29, 1.82) is 0 Å². The van der Waals surface area contributed by atoms with Gasteiger partial charge in [-0.15, -0.1) is 0 Å². The molecule has 0 aliphatic heterocycles. The van der Waals surface area contributed by atoms with Gasteiger partial charge in [-0.25, -0.2) is 5.43 Å². The number of benzene rings is 2. The highest BCUT2D eigenvalue weighted by Crippen LogP contribution is 2.25. The van der Waals surface area contributed by atoms with Gasteiger partial charge < -0.3 is 9.47 Å². The molecule has 0 spiro atoms. The zero-order valence-electron chi connectivity index (χ0n) is 16.3. The molecule has 0 aliphatic rings. The second kappa shape index (κ2) is 9.32. The summed E-state index contributed by atoms with van der Waals surface area (Å²) >= 11 is 0. The van der Waals surface area contributed by atoms with Gasteiger partial charge in [-0.05, 0) is 48.9 Å². The summed E-state index contributed by atoms with van der Waals surface area (Å²) in [6, 6.07) is 11.5. The van der Waals surface area contributed by atoms with Crippen molar-refractivity contribution in [1.82, 2.24) is 15.6 Å². The number of rotatable bonds is 8. The largest absolute Gasteiger partial charge is 0.496 e. The zero-order valence-corrected chi connectivity index (χ0v) is 16.3. The van der Waals surface area contributed by atoms with E-state index in [1.807, 2.05) is 6.07 Å². The molecule has 2 N–H and O–H groups in total. The first-order valence-electron chi connectivity index (χ1n) is 8.85. The van der Waals surface area contributed by atoms with E-state index in [0.29, 0.717) is 22.8 Å². The first kappa shape index (κ1) is 20.5. The van der Waals surface area contributed by atoms with Gasteiger partial charge in [0.05, 0.1) is 18.2 Å². The lowest BCUT2D eigenvalue weighted by Gasteiger charge is -2.11. The summed E-state index contributed by atoms with van der Waals surface area (Å²) in [5, 5.41) is 21.1. The number of nitrogens with zero attached hydrogens (tertiary/aromatic N) is 3. The van der Waals surface area contributed by atoms with E-state index >= 15 is 0 Å². The number of carbonyl (C=O) groups excluding carboxylic acids is 1. The predicted molar refractivity (Wildman–Crippen MR) is 109 cm³/mol. The van der Waals surface area contributed by atoms with Gasteiger partial charge in [-0.1, -0.05) is 0 Å². The fraction of sp³-hybridized carbons (Fsp3) is 0.150. The fourth-order valence-electron chi connectivity index (χ4n) is 2.68. The number of hydrogen-bond donors (Lipinski definition) is 2. The minimum absolute atomic E-state index is 0.0373. The third kappa shape index (κ3) is 4.98. The van der Waals surface area contributed by atoms with E-state index in [1.54, 1.807) is 38.3 Å². The number of hydrogen-bond acceptors (Lipinski definition) is 7. The zero-order chi connectivity index (χ0) is 21.5. The molecule has 0 saturated heterocycles. The van der Waals surface area contributed by atoms with Crippen LogP contribution in [0.3, 0.4) is 0 Å². The fourth-order valence-corrected chi connectivity index (χ4v) is 2.68. The Morgan fingerprint density at radius 3 is 2.80 bits per heavy atom. The van der Waals surface area contributed by atoms with Gasteiger partial charge in [-0.2, -0.15) is 10.2 Å². The molecule has 0 fully saturated rings. The summed E-state index contributed by atoms with van der Waals surface area (Å²) in [7, 11) is 1.55. The maximum atomic E-state index is 11.8. The van der Waals surface area contributed by atoms with Crippen molar-refractivity contribution in [2.75, 3.05) is 7.11 Å². The minimum atomic E-state index is -0.434. The van der Waals surface area contributed by atoms with E-state index in [0.717, 1.165) is 11.1 Å². The van der Waals surface area contributed by atoms with Gasteiger partial charge in [0.25, 0.3) is 11.6 Å². The Balaban J connectivity index is 1.68. The van der Waals surface area contributed by atoms with Crippen LogP contribution in [0.5, 0.6) is 11.5 Å². The predicted octanol–water partition coefficient (Wildman–Crippen LogP) is 2.98. The molecule has 1 heterocycles. The lowest BCUT2D eigenvalue weighted by Crippen LogP contribution is -2.18. The van der Waals surface area contributed by atoms with Crippen LogP contribution < -0.4 is 14.9 Å². The monoisotopic (exact) mass is 409 g/mol. The average Bonchev–Trinajstić information content (AvgIpc) is 3.27. The number of hydrazone groups is 1. The Labute approximate surface area is 171 Å². The standard InChI is InChI=1S/C20H19N5O5/c1-13-9-16(4-5-18(13)25(27)28)30-12-15-10-14(3-6-19(15)29-2)11-22-24-20(26)17-7-8-21-23-17/h3-11H,12H2,1-2H3,(H,21,23)(H,24,26). The van der Waals surface area contributed by atoms with Crippen LogP contribution in [0.4, 0.5) is 5.69 Å². The molecule has 0 atom stereocenters. The van der Waals surface area contributed by atoms with Crippen LogP contribution in [0.1, 0.15) is 27.2 Å². The Bertz CT molecular complexity index is 1080. The Kier molecular flexibility index (Phi) is 6.38. The molecule has 154 valence electrons. The lowest BCUT2D eigenvalue weighted by atomic mass is 10.1. The molecule has 0 bridgehead atoms. The Morgan fingerprint density at radius 2 is 2.13 bits per heavy atom. The number of H-pyrrole nitrogens is 1. The summed E-state index contributed by atoms with van der Waals surface area (Å²) in [4.78, 5) is 22.3. The number of nitro benzene ring substituents is 1. The van der Waals surface area contributed by atoms with E-state index in [4.69, 9.17) is 9.47 Å². The third-order valence-electron chi connectivity index (χ3n) is 4.19.